The Bertz CT molecular complexity index is 7850. The summed E-state index contributed by atoms with van der Waals surface area (Å²) in [4.78, 5) is 137. The number of ketones is 4. The number of nitrogens with zero attached hydrogens (tertiary/aromatic N) is 17. The van der Waals surface area contributed by atoms with E-state index in [1.165, 1.54) is 24.3 Å². The highest BCUT2D eigenvalue weighted by Gasteiger charge is 2.61. The minimum absolute atomic E-state index is 0.00113. The minimum Gasteiger partial charge on any atom is -0.339 e. The molecular weight excluding hydrogens is 1860 g/mol. The van der Waals surface area contributed by atoms with Gasteiger partial charge in [-0.3, -0.25) is 19.7 Å². The summed E-state index contributed by atoms with van der Waals surface area (Å²) in [6.45, 7) is 57.0. The molecule has 2 saturated carbocycles. The van der Waals surface area contributed by atoms with Gasteiger partial charge < -0.3 is 29.0 Å². The van der Waals surface area contributed by atoms with Crippen LogP contribution >= 0.6 is 0 Å². The van der Waals surface area contributed by atoms with E-state index in [0.29, 0.717) is 145 Å². The Balaban J connectivity index is 0.000000120. The quantitative estimate of drug-likeness (QED) is 0.0724. The second-order valence-corrected chi connectivity index (χ2v) is 43.5. The van der Waals surface area contributed by atoms with Crippen molar-refractivity contribution in [3.63, 3.8) is 0 Å². The van der Waals surface area contributed by atoms with Crippen LogP contribution in [-0.4, -0.2) is 115 Å². The van der Waals surface area contributed by atoms with Gasteiger partial charge in [-0.25, -0.2) is 76.8 Å². The van der Waals surface area contributed by atoms with Gasteiger partial charge in [-0.2, -0.15) is 0 Å². The van der Waals surface area contributed by atoms with Crippen LogP contribution in [0.4, 0.5) is 23.5 Å². The van der Waals surface area contributed by atoms with Crippen LogP contribution in [0.25, 0.3) is 109 Å². The van der Waals surface area contributed by atoms with Gasteiger partial charge >= 0.3 is 0 Å². The second kappa shape index (κ2) is 38.8. The molecule has 746 valence electrons. The molecule has 0 N–H and O–H groups in total. The highest BCUT2D eigenvalue weighted by atomic mass is 19.1. The summed E-state index contributed by atoms with van der Waals surface area (Å²) in [5.74, 6) is 0.906. The Morgan fingerprint density at radius 3 is 1.20 bits per heavy atom. The van der Waals surface area contributed by atoms with Crippen LogP contribution in [0.3, 0.4) is 0 Å². The molecule has 8 heterocycles. The zero-order valence-electron chi connectivity index (χ0n) is 85.3. The van der Waals surface area contributed by atoms with Gasteiger partial charge in [0.1, 0.15) is 23.3 Å². The molecule has 1 aliphatic heterocycles. The number of carbonyl (C=O) groups is 5. The average Bonchev–Trinajstić information content (AvgIpc) is 1.66. The number of Topliss-reactive ketones (excluding diaryl/α,β-unsaturated/α-hetero) is 4. The number of pyridine rings is 3. The van der Waals surface area contributed by atoms with E-state index in [1.807, 2.05) is 125 Å². The van der Waals surface area contributed by atoms with Crippen LogP contribution in [0.1, 0.15) is 228 Å². The third kappa shape index (κ3) is 17.2. The van der Waals surface area contributed by atoms with Crippen LogP contribution in [0, 0.1) is 95.4 Å². The van der Waals surface area contributed by atoms with E-state index in [9.17, 15) is 24.0 Å². The number of para-hydroxylation sites is 1. The fourth-order valence-corrected chi connectivity index (χ4v) is 26.3. The minimum atomic E-state index is -0.708. The Morgan fingerprint density at radius 1 is 0.399 bits per heavy atom. The van der Waals surface area contributed by atoms with Gasteiger partial charge in [0.2, 0.25) is 34.6 Å². The Kier molecular flexibility index (Phi) is 26.3. The van der Waals surface area contributed by atoms with Crippen LogP contribution in [0.5, 0.6) is 0 Å². The van der Waals surface area contributed by atoms with Gasteiger partial charge in [0, 0.05) is 185 Å². The van der Waals surface area contributed by atoms with E-state index in [-0.39, 0.29) is 105 Å². The predicted molar refractivity (Wildman–Crippen MR) is 560 cm³/mol. The van der Waals surface area contributed by atoms with E-state index in [0.717, 1.165) is 148 Å². The van der Waals surface area contributed by atoms with Gasteiger partial charge in [-0.1, -0.05) is 180 Å². The zero-order chi connectivity index (χ0) is 104. The first-order valence-corrected chi connectivity index (χ1v) is 51.6. The smallest absolute Gasteiger partial charge is 0.226 e. The zero-order valence-corrected chi connectivity index (χ0v) is 85.3. The SMILES string of the molecule is [C-]#[N+]C1=C[C@@]2(C)c3nc(-c4ccnc(C5CC5)c4)nc(-c4ccccc4F)c3CC[C@@H]2C(C)(C)C1=O.[C-]#[N+]C1=C[C@@]2(C)c3nc(-c4ccnc(C5CC5)c4)nc(-c4ccccc4F)c3CC[C@@H]2[C@@](C)(CCC)C1=O.[C-]#[N+]C1=C[C@@]2(C)c3nc(-c4ccnc5ccccc45)nc(-c4ccccc4F)c3CC[C@@H]2[C@@](C)(CCC)C1=O.[C-]#[N+]C1=C[C@@]2(C)c3nc(N4CCN(C(C)=O)CC4)nc(-c4ccccc4F)c3CC[C@@H]2[C@@H](C)C1=O. The summed E-state index contributed by atoms with van der Waals surface area (Å²) >= 11 is 0. The van der Waals surface area contributed by atoms with Gasteiger partial charge in [-0.15, -0.1) is 0 Å². The summed E-state index contributed by atoms with van der Waals surface area (Å²) in [6, 6.07) is 44.4. The molecule has 0 spiro atoms. The van der Waals surface area contributed by atoms with Crippen molar-refractivity contribution >= 4 is 45.9 Å². The first-order chi connectivity index (χ1) is 71.1. The number of allylic oxidation sites excluding steroid dienone is 8. The monoisotopic (exact) mass is 1970 g/mol. The van der Waals surface area contributed by atoms with Crippen molar-refractivity contribution in [2.75, 3.05) is 31.1 Å². The predicted octanol–water partition coefficient (Wildman–Crippen LogP) is 25.0. The molecule has 1 saturated heterocycles. The number of amides is 1. The van der Waals surface area contributed by atoms with E-state index >= 15 is 17.6 Å². The summed E-state index contributed by atoms with van der Waals surface area (Å²) in [5.41, 5.74) is 12.1. The molecule has 12 aromatic rings. The fourth-order valence-electron chi connectivity index (χ4n) is 26.3. The molecular formula is C122H115F4N17O5. The maximum absolute atomic E-state index is 15.3. The highest BCUT2D eigenvalue weighted by molar-refractivity contribution is 6.05. The Hall–Kier alpha value is -15.3. The lowest BCUT2D eigenvalue weighted by Crippen LogP contribution is -2.52. The summed E-state index contributed by atoms with van der Waals surface area (Å²) in [6.07, 6.45) is 25.7. The van der Waals surface area contributed by atoms with Gasteiger partial charge in [-0.05, 0) is 198 Å². The van der Waals surface area contributed by atoms with Gasteiger partial charge in [0.25, 0.3) is 0 Å². The third-order valence-corrected chi connectivity index (χ3v) is 34.0. The van der Waals surface area contributed by atoms with Crippen molar-refractivity contribution < 1.29 is 41.5 Å². The molecule has 23 rings (SSSR count). The molecule has 22 nitrogen and oxygen atoms in total. The summed E-state index contributed by atoms with van der Waals surface area (Å²) in [5, 5.41) is 0.906. The molecule has 148 heavy (non-hydrogen) atoms. The Labute approximate surface area is 860 Å². The molecule has 7 aromatic heterocycles. The number of benzene rings is 5. The largest absolute Gasteiger partial charge is 0.339 e. The van der Waals surface area contributed by atoms with Crippen LogP contribution in [-0.2, 0) is 71.3 Å². The third-order valence-electron chi connectivity index (χ3n) is 34.0. The number of aromatic nitrogens is 11. The number of anilines is 1. The molecule has 26 heteroatoms. The lowest BCUT2D eigenvalue weighted by Gasteiger charge is -2.52. The van der Waals surface area contributed by atoms with Crippen molar-refractivity contribution in [3.05, 3.63) is 343 Å². The van der Waals surface area contributed by atoms with Crippen LogP contribution in [0.2, 0.25) is 0 Å². The maximum atomic E-state index is 15.3. The summed E-state index contributed by atoms with van der Waals surface area (Å²) in [7, 11) is 0. The van der Waals surface area contributed by atoms with Crippen molar-refractivity contribution in [3.8, 4) is 79.2 Å². The first kappa shape index (κ1) is 100. The second-order valence-electron chi connectivity index (χ2n) is 43.5. The van der Waals surface area contributed by atoms with Crippen molar-refractivity contribution in [2.24, 2.45) is 45.8 Å². The molecule has 5 aromatic carbocycles. The number of piperazine rings is 1. The van der Waals surface area contributed by atoms with E-state index < -0.39 is 37.9 Å². The topological polar surface area (TPSA) is 251 Å². The lowest BCUT2D eigenvalue weighted by atomic mass is 9.51. The van der Waals surface area contributed by atoms with Crippen molar-refractivity contribution in [2.45, 2.75) is 219 Å². The number of fused-ring (bicyclic) bond motifs is 13. The normalized spacial score (nSPS) is 25.1. The van der Waals surface area contributed by atoms with E-state index in [2.05, 4.69) is 75.0 Å². The maximum Gasteiger partial charge on any atom is 0.226 e. The van der Waals surface area contributed by atoms with Crippen molar-refractivity contribution in [1.29, 1.82) is 0 Å². The molecule has 10 aliphatic carbocycles. The Morgan fingerprint density at radius 2 is 0.770 bits per heavy atom. The highest BCUT2D eigenvalue weighted by Crippen LogP contribution is 2.62. The molecule has 1 amide bonds. The first-order valence-electron chi connectivity index (χ1n) is 51.6. The molecule has 11 atom stereocenters. The fraction of sp³-hybridized carbons (Fsp3) is 0.377. The molecule has 0 radical (unpaired) electrons. The summed E-state index contributed by atoms with van der Waals surface area (Å²) < 4.78 is 60.6. The number of hydrogen-bond acceptors (Lipinski definition) is 17. The van der Waals surface area contributed by atoms with Crippen LogP contribution < -0.4 is 4.90 Å². The lowest BCUT2D eigenvalue weighted by molar-refractivity contribution is -0.131. The molecule has 3 fully saturated rings. The van der Waals surface area contributed by atoms with Crippen LogP contribution in [0.15, 0.2) is 217 Å². The van der Waals surface area contributed by atoms with E-state index in [4.69, 9.17) is 66.2 Å². The number of hydrogen-bond donors (Lipinski definition) is 0. The standard InChI is InChI=1S/C33H29FN4O.C32H31FN4O.C30H27FN4O.C27H28FN5O2/c1-5-17-32(2)27-15-14-23-28(22-11-6-8-12-24(22)34)37-31(21-16-18-36-25-13-9-7-10-20(21)25)38-29(23)33(27,3)19-26(35-4)30(32)39;1-5-15-31(2)26-13-12-22-27(21-8-6-7-9-23(21)33)36-30(20-14-16-35-24(17-20)19-10-11-19)37-28(22)32(26,3)18-25(34-4)29(31)38;1-29(2)24-12-11-20-25(19-7-5-6-8-21(19)31)34-28(18-13-14-33-22(15-18)17-9-10-17)35-26(20)30(24,3)16-23(32-4)27(29)36;1-16-20-10-9-19-23(18-7-5-6-8-21(18)28)30-26(33-13-11-32(12-14-33)17(2)34)31-25(19)27(20,3)15-22(29-4)24(16)35/h6-13,16,18-19,27H,5,14-15,17H2,1-3H3;6-9,14,16-19,26H,5,10-13,15H2,1-3H3;5-8,13-17,24H,9-12H2,1-3H3;5-8,15-16,20H,9-14H2,1-3H3/t27-,32-,33-;26-,31-,32-;24-,30-;16-,20-,27-/m1111/s1. The number of rotatable bonds is 14. The molecule has 0 unspecified atom stereocenters. The number of carbonyl (C=O) groups excluding carboxylic acids is 5. The van der Waals surface area contributed by atoms with E-state index in [1.54, 1.807) is 97.2 Å². The average molecular weight is 1980 g/mol. The molecule has 11 aliphatic rings. The molecule has 0 bridgehead atoms. The van der Waals surface area contributed by atoms with Gasteiger partial charge in [0.05, 0.1) is 77.4 Å². The van der Waals surface area contributed by atoms with Gasteiger partial charge in [0.15, 0.2) is 40.6 Å². The number of halogens is 4. The van der Waals surface area contributed by atoms with Crippen molar-refractivity contribution in [1.82, 2.24) is 59.7 Å².